The lowest BCUT2D eigenvalue weighted by molar-refractivity contribution is 0.0690. The zero-order valence-electron chi connectivity index (χ0n) is 13.4. The molecule has 1 aliphatic rings. The SMILES string of the molecule is CCNCC1CCN(C(=O)c2cc(SC)c(Cl)cc2Cl)CC1.Cl. The van der Waals surface area contributed by atoms with Crippen molar-refractivity contribution in [2.24, 2.45) is 5.92 Å². The highest BCUT2D eigenvalue weighted by atomic mass is 35.5. The first-order valence-electron chi connectivity index (χ1n) is 7.59. The van der Waals surface area contributed by atoms with Crippen LogP contribution in [-0.2, 0) is 0 Å². The summed E-state index contributed by atoms with van der Waals surface area (Å²) in [4.78, 5) is 15.5. The molecule has 0 radical (unpaired) electrons. The van der Waals surface area contributed by atoms with Crippen molar-refractivity contribution in [1.29, 1.82) is 0 Å². The van der Waals surface area contributed by atoms with Crippen LogP contribution in [-0.4, -0.2) is 43.2 Å². The molecule has 0 aliphatic carbocycles. The van der Waals surface area contributed by atoms with E-state index in [1.54, 1.807) is 6.07 Å². The molecule has 1 heterocycles. The Kier molecular flexibility index (Phi) is 9.09. The summed E-state index contributed by atoms with van der Waals surface area (Å²) in [5, 5.41) is 4.41. The number of amides is 1. The van der Waals surface area contributed by atoms with Crippen molar-refractivity contribution in [3.05, 3.63) is 27.7 Å². The first-order valence-corrected chi connectivity index (χ1v) is 9.57. The number of likely N-dealkylation sites (tertiary alicyclic amines) is 1. The quantitative estimate of drug-likeness (QED) is 0.737. The highest BCUT2D eigenvalue weighted by Crippen LogP contribution is 2.32. The van der Waals surface area contributed by atoms with Crippen molar-refractivity contribution in [3.8, 4) is 0 Å². The highest BCUT2D eigenvalue weighted by Gasteiger charge is 2.25. The van der Waals surface area contributed by atoms with Gasteiger partial charge in [-0.3, -0.25) is 4.79 Å². The number of rotatable bonds is 5. The van der Waals surface area contributed by atoms with Gasteiger partial charge in [0.1, 0.15) is 0 Å². The fourth-order valence-electron chi connectivity index (χ4n) is 2.71. The molecule has 0 saturated carbocycles. The van der Waals surface area contributed by atoms with Gasteiger partial charge in [-0.05, 0) is 50.2 Å². The number of nitrogens with zero attached hydrogens (tertiary/aromatic N) is 1. The zero-order valence-corrected chi connectivity index (χ0v) is 16.5. The molecule has 1 aromatic carbocycles. The van der Waals surface area contributed by atoms with Crippen LogP contribution < -0.4 is 5.32 Å². The lowest BCUT2D eigenvalue weighted by atomic mass is 9.96. The maximum atomic E-state index is 12.7. The number of piperidine rings is 1. The second-order valence-electron chi connectivity index (χ2n) is 5.51. The topological polar surface area (TPSA) is 32.3 Å². The van der Waals surface area contributed by atoms with Crippen LogP contribution in [0.2, 0.25) is 10.0 Å². The fourth-order valence-corrected chi connectivity index (χ4v) is 3.89. The van der Waals surface area contributed by atoms with E-state index in [2.05, 4.69) is 12.2 Å². The molecule has 1 fully saturated rings. The van der Waals surface area contributed by atoms with Gasteiger partial charge in [-0.15, -0.1) is 24.2 Å². The van der Waals surface area contributed by atoms with Gasteiger partial charge in [0.05, 0.1) is 15.6 Å². The van der Waals surface area contributed by atoms with Crippen LogP contribution in [0.1, 0.15) is 30.1 Å². The Morgan fingerprint density at radius 3 is 2.52 bits per heavy atom. The minimum absolute atomic E-state index is 0. The molecule has 1 aromatic rings. The summed E-state index contributed by atoms with van der Waals surface area (Å²) < 4.78 is 0. The molecule has 2 rings (SSSR count). The molecule has 1 N–H and O–H groups in total. The Labute approximate surface area is 158 Å². The molecular formula is C16H23Cl3N2OS. The molecular weight excluding hydrogens is 375 g/mol. The first-order chi connectivity index (χ1) is 10.6. The van der Waals surface area contributed by atoms with Crippen molar-refractivity contribution in [2.45, 2.75) is 24.7 Å². The normalized spacial score (nSPS) is 15.4. The number of hydrogen-bond acceptors (Lipinski definition) is 3. The van der Waals surface area contributed by atoms with E-state index in [0.29, 0.717) is 21.5 Å². The number of thioether (sulfide) groups is 1. The summed E-state index contributed by atoms with van der Waals surface area (Å²) in [5.74, 6) is 0.672. The number of hydrogen-bond donors (Lipinski definition) is 1. The van der Waals surface area contributed by atoms with Gasteiger partial charge in [-0.25, -0.2) is 0 Å². The maximum absolute atomic E-state index is 12.7. The zero-order chi connectivity index (χ0) is 16.1. The molecule has 0 bridgehead atoms. The lowest BCUT2D eigenvalue weighted by Crippen LogP contribution is -2.40. The van der Waals surface area contributed by atoms with Crippen molar-refractivity contribution >= 4 is 53.3 Å². The molecule has 1 saturated heterocycles. The number of benzene rings is 1. The van der Waals surface area contributed by atoms with E-state index >= 15 is 0 Å². The smallest absolute Gasteiger partial charge is 0.255 e. The van der Waals surface area contributed by atoms with E-state index in [-0.39, 0.29) is 18.3 Å². The average Bonchev–Trinajstić information content (AvgIpc) is 2.53. The fraction of sp³-hybridized carbons (Fsp3) is 0.562. The molecule has 0 spiro atoms. The summed E-state index contributed by atoms with van der Waals surface area (Å²) in [6, 6.07) is 3.47. The summed E-state index contributed by atoms with van der Waals surface area (Å²) in [6.45, 7) is 5.74. The molecule has 1 aliphatic heterocycles. The summed E-state index contributed by atoms with van der Waals surface area (Å²) in [6.07, 6.45) is 4.02. The molecule has 1 amide bonds. The van der Waals surface area contributed by atoms with E-state index in [4.69, 9.17) is 23.2 Å². The number of carbonyl (C=O) groups excluding carboxylic acids is 1. The standard InChI is InChI=1S/C16H22Cl2N2OS.ClH/c1-3-19-10-11-4-6-20(7-5-11)16(21)12-8-15(22-2)14(18)9-13(12)17;/h8-9,11,19H,3-7,10H2,1-2H3;1H. The Morgan fingerprint density at radius 1 is 1.30 bits per heavy atom. The van der Waals surface area contributed by atoms with Crippen molar-refractivity contribution < 1.29 is 4.79 Å². The number of halogens is 3. The van der Waals surface area contributed by atoms with Crippen LogP contribution in [0.15, 0.2) is 17.0 Å². The third-order valence-corrected chi connectivity index (χ3v) is 5.57. The maximum Gasteiger partial charge on any atom is 0.255 e. The molecule has 0 unspecified atom stereocenters. The van der Waals surface area contributed by atoms with Gasteiger partial charge in [0.15, 0.2) is 0 Å². The molecule has 0 atom stereocenters. The number of nitrogens with one attached hydrogen (secondary N) is 1. The van der Waals surface area contributed by atoms with Gasteiger partial charge in [0.25, 0.3) is 5.91 Å². The van der Waals surface area contributed by atoms with Gasteiger partial charge in [0.2, 0.25) is 0 Å². The van der Waals surface area contributed by atoms with Gasteiger partial charge in [0, 0.05) is 18.0 Å². The largest absolute Gasteiger partial charge is 0.339 e. The van der Waals surface area contributed by atoms with Crippen LogP contribution in [0.5, 0.6) is 0 Å². The summed E-state index contributed by atoms with van der Waals surface area (Å²) in [7, 11) is 0. The highest BCUT2D eigenvalue weighted by molar-refractivity contribution is 7.98. The van der Waals surface area contributed by atoms with Gasteiger partial charge >= 0.3 is 0 Å². The predicted octanol–water partition coefficient (Wildman–Crippen LogP) is 4.60. The van der Waals surface area contributed by atoms with Crippen LogP contribution >= 0.6 is 47.4 Å². The molecule has 3 nitrogen and oxygen atoms in total. The van der Waals surface area contributed by atoms with E-state index in [1.807, 2.05) is 17.2 Å². The average molecular weight is 398 g/mol. The minimum Gasteiger partial charge on any atom is -0.339 e. The Bertz CT molecular complexity index is 534. The van der Waals surface area contributed by atoms with Crippen LogP contribution in [0.25, 0.3) is 0 Å². The van der Waals surface area contributed by atoms with E-state index in [9.17, 15) is 4.79 Å². The molecule has 0 aromatic heterocycles. The molecule has 7 heteroatoms. The van der Waals surface area contributed by atoms with Gasteiger partial charge < -0.3 is 10.2 Å². The van der Waals surface area contributed by atoms with E-state index in [1.165, 1.54) is 11.8 Å². The Hall–Kier alpha value is -0.130. The van der Waals surface area contributed by atoms with Crippen LogP contribution in [0.4, 0.5) is 0 Å². The predicted molar refractivity (Wildman–Crippen MR) is 103 cm³/mol. The monoisotopic (exact) mass is 396 g/mol. The van der Waals surface area contributed by atoms with Crippen LogP contribution in [0.3, 0.4) is 0 Å². The van der Waals surface area contributed by atoms with Crippen LogP contribution in [0, 0.1) is 5.92 Å². The number of carbonyl (C=O) groups is 1. The summed E-state index contributed by atoms with van der Waals surface area (Å²) >= 11 is 13.9. The minimum atomic E-state index is 0. The van der Waals surface area contributed by atoms with Gasteiger partial charge in [-0.1, -0.05) is 30.1 Å². The lowest BCUT2D eigenvalue weighted by Gasteiger charge is -2.32. The van der Waals surface area contributed by atoms with Crippen molar-refractivity contribution in [1.82, 2.24) is 10.2 Å². The second kappa shape index (κ2) is 10.00. The van der Waals surface area contributed by atoms with E-state index in [0.717, 1.165) is 43.9 Å². The summed E-state index contributed by atoms with van der Waals surface area (Å²) in [5.41, 5.74) is 0.556. The van der Waals surface area contributed by atoms with Gasteiger partial charge in [-0.2, -0.15) is 0 Å². The van der Waals surface area contributed by atoms with Crippen molar-refractivity contribution in [3.63, 3.8) is 0 Å². The molecule has 23 heavy (non-hydrogen) atoms. The Balaban J connectivity index is 0.00000264. The second-order valence-corrected chi connectivity index (χ2v) is 7.17. The van der Waals surface area contributed by atoms with Crippen molar-refractivity contribution in [2.75, 3.05) is 32.4 Å². The first kappa shape index (κ1) is 20.9. The third-order valence-electron chi connectivity index (χ3n) is 4.06. The third kappa shape index (κ3) is 5.43. The van der Waals surface area contributed by atoms with E-state index < -0.39 is 0 Å². The molecule has 130 valence electrons. The Morgan fingerprint density at radius 2 is 1.96 bits per heavy atom.